The van der Waals surface area contributed by atoms with Gasteiger partial charge in [0.2, 0.25) is 5.09 Å². The number of methoxy groups -OCH3 is 1. The molecular formula is C15H19ClN2O4S. The Labute approximate surface area is 141 Å². The molecule has 6 nitrogen and oxygen atoms in total. The molecular weight excluding hydrogens is 340 g/mol. The normalized spacial score (nSPS) is 19.1. The van der Waals surface area contributed by atoms with Crippen LogP contribution in [0.3, 0.4) is 0 Å². The molecule has 1 N–H and O–H groups in total. The summed E-state index contributed by atoms with van der Waals surface area (Å²) in [5.74, 6) is 0.677. The third-order valence-corrected chi connectivity index (χ3v) is 5.55. The molecule has 1 saturated heterocycles. The van der Waals surface area contributed by atoms with Crippen molar-refractivity contribution >= 4 is 22.4 Å². The van der Waals surface area contributed by atoms with Gasteiger partial charge in [0.05, 0.1) is 19.4 Å². The van der Waals surface area contributed by atoms with Crippen molar-refractivity contribution < 1.29 is 17.6 Å². The van der Waals surface area contributed by atoms with E-state index in [4.69, 9.17) is 9.15 Å². The van der Waals surface area contributed by atoms with Gasteiger partial charge in [-0.25, -0.2) is 8.42 Å². The van der Waals surface area contributed by atoms with Crippen molar-refractivity contribution in [2.45, 2.75) is 11.1 Å². The van der Waals surface area contributed by atoms with Crippen LogP contribution in [0.25, 0.3) is 0 Å². The number of hydrogen-bond donors (Lipinski definition) is 1. The molecule has 1 fully saturated rings. The highest BCUT2D eigenvalue weighted by molar-refractivity contribution is 7.89. The van der Waals surface area contributed by atoms with Crippen molar-refractivity contribution in [3.8, 4) is 5.75 Å². The number of nitrogens with one attached hydrogen (secondary N) is 1. The predicted octanol–water partition coefficient (Wildman–Crippen LogP) is 2.05. The number of halogens is 1. The van der Waals surface area contributed by atoms with Gasteiger partial charge in [-0.05, 0) is 18.2 Å². The van der Waals surface area contributed by atoms with E-state index in [0.29, 0.717) is 25.4 Å². The second-order valence-corrected chi connectivity index (χ2v) is 6.83. The molecule has 1 atom stereocenters. The van der Waals surface area contributed by atoms with Gasteiger partial charge in [-0.3, -0.25) is 0 Å². The van der Waals surface area contributed by atoms with Crippen LogP contribution < -0.4 is 10.1 Å². The molecule has 126 valence electrons. The second-order valence-electron chi connectivity index (χ2n) is 5.01. The van der Waals surface area contributed by atoms with Gasteiger partial charge in [0.25, 0.3) is 10.0 Å². The van der Waals surface area contributed by atoms with E-state index in [9.17, 15) is 8.42 Å². The first-order valence-corrected chi connectivity index (χ1v) is 8.47. The van der Waals surface area contributed by atoms with Gasteiger partial charge in [-0.15, -0.1) is 12.4 Å². The van der Waals surface area contributed by atoms with Gasteiger partial charge in [-0.2, -0.15) is 4.31 Å². The topological polar surface area (TPSA) is 71.8 Å². The van der Waals surface area contributed by atoms with E-state index < -0.39 is 10.0 Å². The Morgan fingerprint density at radius 1 is 1.26 bits per heavy atom. The summed E-state index contributed by atoms with van der Waals surface area (Å²) in [7, 11) is -2.09. The van der Waals surface area contributed by atoms with Crippen LogP contribution >= 0.6 is 12.4 Å². The van der Waals surface area contributed by atoms with E-state index in [2.05, 4.69) is 5.32 Å². The Hall–Kier alpha value is -1.54. The maximum atomic E-state index is 12.8. The summed E-state index contributed by atoms with van der Waals surface area (Å²) < 4.78 is 37.6. The Bertz CT molecular complexity index is 734. The number of ether oxygens (including phenoxy) is 1. The van der Waals surface area contributed by atoms with Crippen LogP contribution in [0.5, 0.6) is 5.75 Å². The van der Waals surface area contributed by atoms with E-state index in [1.807, 2.05) is 24.3 Å². The third kappa shape index (κ3) is 3.37. The average molecular weight is 359 g/mol. The van der Waals surface area contributed by atoms with E-state index in [0.717, 1.165) is 5.56 Å². The Morgan fingerprint density at radius 2 is 2.04 bits per heavy atom. The molecule has 1 aliphatic rings. The minimum Gasteiger partial charge on any atom is -0.496 e. The number of rotatable bonds is 4. The lowest BCUT2D eigenvalue weighted by atomic mass is 10.0. The molecule has 1 aliphatic heterocycles. The van der Waals surface area contributed by atoms with Crippen molar-refractivity contribution in [3.63, 3.8) is 0 Å². The maximum absolute atomic E-state index is 12.8. The Balaban J connectivity index is 0.00000192. The number of furan rings is 1. The minimum absolute atomic E-state index is 0. The summed E-state index contributed by atoms with van der Waals surface area (Å²) in [6, 6.07) is 10.2. The molecule has 1 aromatic carbocycles. The smallest absolute Gasteiger partial charge is 0.277 e. The van der Waals surface area contributed by atoms with Crippen LogP contribution in [0.4, 0.5) is 0 Å². The van der Waals surface area contributed by atoms with Crippen LogP contribution in [0.15, 0.2) is 52.2 Å². The first-order chi connectivity index (χ1) is 10.6. The number of sulfonamides is 1. The molecule has 2 heterocycles. The monoisotopic (exact) mass is 358 g/mol. The van der Waals surface area contributed by atoms with Gasteiger partial charge in [0.1, 0.15) is 5.75 Å². The molecule has 1 aromatic heterocycles. The Kier molecular flexibility index (Phi) is 5.69. The highest BCUT2D eigenvalue weighted by Crippen LogP contribution is 2.33. The number of para-hydroxylation sites is 1. The first kappa shape index (κ1) is 17.8. The predicted molar refractivity (Wildman–Crippen MR) is 88.5 cm³/mol. The zero-order valence-corrected chi connectivity index (χ0v) is 14.3. The number of nitrogens with zero attached hydrogens (tertiary/aromatic N) is 1. The number of benzene rings is 1. The summed E-state index contributed by atoms with van der Waals surface area (Å²) in [5, 5.41) is 3.21. The highest BCUT2D eigenvalue weighted by Gasteiger charge is 2.37. The largest absolute Gasteiger partial charge is 0.496 e. The van der Waals surface area contributed by atoms with E-state index >= 15 is 0 Å². The fourth-order valence-corrected chi connectivity index (χ4v) is 4.22. The molecule has 0 saturated carbocycles. The van der Waals surface area contributed by atoms with Gasteiger partial charge in [0.15, 0.2) is 0 Å². The molecule has 0 amide bonds. The van der Waals surface area contributed by atoms with Crippen molar-refractivity contribution in [1.82, 2.24) is 9.62 Å². The standard InChI is InChI=1S/C15H18N2O4S.ClH/c1-20-14-6-3-2-5-12(14)13-11-16-8-9-17(13)22(18,19)15-7-4-10-21-15;/h2-7,10,13,16H,8-9,11H2,1H3;1H. The van der Waals surface area contributed by atoms with E-state index in [1.165, 1.54) is 16.6 Å². The summed E-state index contributed by atoms with van der Waals surface area (Å²) in [6.45, 7) is 1.51. The van der Waals surface area contributed by atoms with Crippen molar-refractivity contribution in [2.24, 2.45) is 0 Å². The summed E-state index contributed by atoms with van der Waals surface area (Å²) in [6.07, 6.45) is 1.37. The van der Waals surface area contributed by atoms with Crippen molar-refractivity contribution in [2.75, 3.05) is 26.7 Å². The maximum Gasteiger partial charge on any atom is 0.277 e. The lowest BCUT2D eigenvalue weighted by Gasteiger charge is -2.35. The van der Waals surface area contributed by atoms with Gasteiger partial charge < -0.3 is 14.5 Å². The van der Waals surface area contributed by atoms with Gasteiger partial charge in [-0.1, -0.05) is 18.2 Å². The van der Waals surface area contributed by atoms with Crippen molar-refractivity contribution in [3.05, 3.63) is 48.2 Å². The van der Waals surface area contributed by atoms with Gasteiger partial charge in [0, 0.05) is 25.2 Å². The minimum atomic E-state index is -3.67. The molecule has 0 spiro atoms. The SMILES string of the molecule is COc1ccccc1C1CNCCN1S(=O)(=O)c1ccco1.Cl. The summed E-state index contributed by atoms with van der Waals surface area (Å²) in [5.41, 5.74) is 0.840. The highest BCUT2D eigenvalue weighted by atomic mass is 35.5. The molecule has 3 rings (SSSR count). The Morgan fingerprint density at radius 3 is 2.74 bits per heavy atom. The molecule has 0 bridgehead atoms. The molecule has 23 heavy (non-hydrogen) atoms. The lowest BCUT2D eigenvalue weighted by molar-refractivity contribution is 0.258. The number of hydrogen-bond acceptors (Lipinski definition) is 5. The third-order valence-electron chi connectivity index (χ3n) is 3.75. The first-order valence-electron chi connectivity index (χ1n) is 7.03. The fourth-order valence-electron chi connectivity index (χ4n) is 2.71. The zero-order chi connectivity index (χ0) is 15.6. The summed E-state index contributed by atoms with van der Waals surface area (Å²) in [4.78, 5) is 0. The molecule has 1 unspecified atom stereocenters. The molecule has 0 radical (unpaired) electrons. The van der Waals surface area contributed by atoms with Crippen molar-refractivity contribution in [1.29, 1.82) is 0 Å². The zero-order valence-electron chi connectivity index (χ0n) is 12.6. The van der Waals surface area contributed by atoms with Gasteiger partial charge >= 0.3 is 0 Å². The van der Waals surface area contributed by atoms with Crippen LogP contribution in [0.2, 0.25) is 0 Å². The van der Waals surface area contributed by atoms with Crippen LogP contribution in [0, 0.1) is 0 Å². The molecule has 0 aliphatic carbocycles. The summed E-state index contributed by atoms with van der Waals surface area (Å²) >= 11 is 0. The quantitative estimate of drug-likeness (QED) is 0.905. The van der Waals surface area contributed by atoms with Crippen LogP contribution in [-0.2, 0) is 10.0 Å². The van der Waals surface area contributed by atoms with E-state index in [1.54, 1.807) is 13.2 Å². The molecule has 8 heteroatoms. The average Bonchev–Trinajstić information content (AvgIpc) is 3.10. The van der Waals surface area contributed by atoms with Crippen LogP contribution in [0.1, 0.15) is 11.6 Å². The fraction of sp³-hybridized carbons (Fsp3) is 0.333. The lowest BCUT2D eigenvalue weighted by Crippen LogP contribution is -2.48. The molecule has 2 aromatic rings. The van der Waals surface area contributed by atoms with Crippen LogP contribution in [-0.4, -0.2) is 39.5 Å². The second kappa shape index (κ2) is 7.35. The van der Waals surface area contributed by atoms with E-state index in [-0.39, 0.29) is 23.5 Å². The number of piperazine rings is 1.